The van der Waals surface area contributed by atoms with Crippen LogP contribution < -0.4 is 10.1 Å². The zero-order valence-electron chi connectivity index (χ0n) is 16.6. The molecule has 3 aromatic carbocycles. The van der Waals surface area contributed by atoms with E-state index in [4.69, 9.17) is 9.84 Å². The average molecular weight is 412 g/mol. The van der Waals surface area contributed by atoms with Crippen molar-refractivity contribution in [2.75, 3.05) is 5.32 Å². The van der Waals surface area contributed by atoms with Crippen LogP contribution in [-0.2, 0) is 16.1 Å². The van der Waals surface area contributed by atoms with Gasteiger partial charge in [0.1, 0.15) is 18.0 Å². The van der Waals surface area contributed by atoms with Crippen LogP contribution in [-0.4, -0.2) is 21.6 Å². The SMILES string of the molecule is O=C(O)Cn1ccc2c(Oc3ccc(NC(=O)/C=C/c4ccccc4)cc3)cccc21. The number of aromatic nitrogens is 1. The number of fused-ring (bicyclic) bond motifs is 1. The van der Waals surface area contributed by atoms with E-state index in [1.165, 1.54) is 6.08 Å². The lowest BCUT2D eigenvalue weighted by Crippen LogP contribution is -2.07. The lowest BCUT2D eigenvalue weighted by molar-refractivity contribution is -0.137. The first-order valence-corrected chi connectivity index (χ1v) is 9.70. The van der Waals surface area contributed by atoms with Crippen molar-refractivity contribution in [1.82, 2.24) is 4.57 Å². The van der Waals surface area contributed by atoms with Crippen molar-refractivity contribution in [3.63, 3.8) is 0 Å². The van der Waals surface area contributed by atoms with Crippen LogP contribution in [0.4, 0.5) is 5.69 Å². The molecule has 2 N–H and O–H groups in total. The largest absolute Gasteiger partial charge is 0.480 e. The van der Waals surface area contributed by atoms with E-state index in [1.54, 1.807) is 41.1 Å². The van der Waals surface area contributed by atoms with Gasteiger partial charge in [-0.05, 0) is 54.1 Å². The molecule has 154 valence electrons. The van der Waals surface area contributed by atoms with E-state index in [0.717, 1.165) is 16.5 Å². The number of ether oxygens (including phenoxy) is 1. The Hall–Kier alpha value is -4.32. The van der Waals surface area contributed by atoms with Gasteiger partial charge in [0.2, 0.25) is 5.91 Å². The summed E-state index contributed by atoms with van der Waals surface area (Å²) in [6, 6.07) is 24.0. The molecular formula is C25H20N2O4. The smallest absolute Gasteiger partial charge is 0.323 e. The van der Waals surface area contributed by atoms with Crippen LogP contribution in [0.25, 0.3) is 17.0 Å². The predicted octanol–water partition coefficient (Wildman–Crippen LogP) is 5.17. The fraction of sp³-hybridized carbons (Fsp3) is 0.0400. The molecule has 1 amide bonds. The summed E-state index contributed by atoms with van der Waals surface area (Å²) in [5.74, 6) is 0.114. The number of rotatable bonds is 7. The lowest BCUT2D eigenvalue weighted by atomic mass is 10.2. The maximum Gasteiger partial charge on any atom is 0.323 e. The number of hydrogen-bond donors (Lipinski definition) is 2. The van der Waals surface area contributed by atoms with Gasteiger partial charge in [-0.2, -0.15) is 0 Å². The maximum absolute atomic E-state index is 12.1. The quantitative estimate of drug-likeness (QED) is 0.410. The van der Waals surface area contributed by atoms with Gasteiger partial charge in [0.05, 0.1) is 5.52 Å². The summed E-state index contributed by atoms with van der Waals surface area (Å²) < 4.78 is 7.65. The Morgan fingerprint density at radius 3 is 2.45 bits per heavy atom. The van der Waals surface area contributed by atoms with Crippen LogP contribution in [0, 0.1) is 0 Å². The number of nitrogens with zero attached hydrogens (tertiary/aromatic N) is 1. The molecule has 31 heavy (non-hydrogen) atoms. The molecule has 1 heterocycles. The van der Waals surface area contributed by atoms with Crippen LogP contribution in [0.1, 0.15) is 5.56 Å². The first kappa shape index (κ1) is 20.0. The van der Waals surface area contributed by atoms with Crippen LogP contribution in [0.3, 0.4) is 0 Å². The molecule has 0 radical (unpaired) electrons. The summed E-state index contributed by atoms with van der Waals surface area (Å²) in [7, 11) is 0. The van der Waals surface area contributed by atoms with Crippen LogP contribution in [0.15, 0.2) is 91.1 Å². The highest BCUT2D eigenvalue weighted by Gasteiger charge is 2.09. The van der Waals surface area contributed by atoms with Gasteiger partial charge in [0.25, 0.3) is 0 Å². The third-order valence-electron chi connectivity index (χ3n) is 4.66. The number of carbonyl (C=O) groups is 2. The van der Waals surface area contributed by atoms with Gasteiger partial charge in [-0.15, -0.1) is 0 Å². The van der Waals surface area contributed by atoms with Crippen LogP contribution in [0.5, 0.6) is 11.5 Å². The normalized spacial score (nSPS) is 11.0. The third kappa shape index (κ3) is 5.00. The highest BCUT2D eigenvalue weighted by molar-refractivity contribution is 6.01. The van der Waals surface area contributed by atoms with Crippen molar-refractivity contribution in [1.29, 1.82) is 0 Å². The highest BCUT2D eigenvalue weighted by atomic mass is 16.5. The number of amides is 1. The van der Waals surface area contributed by atoms with E-state index in [0.29, 0.717) is 17.2 Å². The molecule has 4 aromatic rings. The molecule has 0 aliphatic carbocycles. The molecule has 0 bridgehead atoms. The Morgan fingerprint density at radius 1 is 0.935 bits per heavy atom. The van der Waals surface area contributed by atoms with E-state index in [9.17, 15) is 9.59 Å². The van der Waals surface area contributed by atoms with Crippen LogP contribution >= 0.6 is 0 Å². The Bertz CT molecular complexity index is 1240. The number of aliphatic carboxylic acids is 1. The molecule has 0 unspecified atom stereocenters. The molecule has 0 spiro atoms. The van der Waals surface area contributed by atoms with E-state index in [-0.39, 0.29) is 12.5 Å². The van der Waals surface area contributed by atoms with Crippen LogP contribution in [0.2, 0.25) is 0 Å². The lowest BCUT2D eigenvalue weighted by Gasteiger charge is -2.09. The number of carboxylic acid groups (broad SMARTS) is 1. The average Bonchev–Trinajstić information content (AvgIpc) is 3.18. The molecule has 0 atom stereocenters. The number of nitrogens with one attached hydrogen (secondary N) is 1. The second-order valence-corrected chi connectivity index (χ2v) is 6.89. The second kappa shape index (κ2) is 9.00. The second-order valence-electron chi connectivity index (χ2n) is 6.89. The zero-order chi connectivity index (χ0) is 21.6. The number of hydrogen-bond acceptors (Lipinski definition) is 3. The Kier molecular flexibility index (Phi) is 5.80. The molecule has 0 aliphatic rings. The summed E-state index contributed by atoms with van der Waals surface area (Å²) in [6.07, 6.45) is 4.97. The van der Waals surface area contributed by atoms with E-state index in [1.807, 2.05) is 54.6 Å². The number of anilines is 1. The van der Waals surface area contributed by atoms with Gasteiger partial charge >= 0.3 is 5.97 Å². The number of carboxylic acids is 1. The predicted molar refractivity (Wildman–Crippen MR) is 120 cm³/mol. The maximum atomic E-state index is 12.1. The molecule has 6 nitrogen and oxygen atoms in total. The minimum atomic E-state index is -0.903. The van der Waals surface area contributed by atoms with Crippen molar-refractivity contribution in [3.05, 3.63) is 96.7 Å². The Morgan fingerprint density at radius 2 is 1.71 bits per heavy atom. The molecule has 0 fully saturated rings. The molecule has 0 saturated heterocycles. The van der Waals surface area contributed by atoms with Crippen molar-refractivity contribution in [3.8, 4) is 11.5 Å². The summed E-state index contributed by atoms with van der Waals surface area (Å²) in [5.41, 5.74) is 2.39. The minimum Gasteiger partial charge on any atom is -0.480 e. The molecular weight excluding hydrogens is 392 g/mol. The summed E-state index contributed by atoms with van der Waals surface area (Å²) in [5, 5.41) is 12.7. The van der Waals surface area contributed by atoms with Crippen molar-refractivity contribution < 1.29 is 19.4 Å². The van der Waals surface area contributed by atoms with Crippen molar-refractivity contribution in [2.24, 2.45) is 0 Å². The first-order valence-electron chi connectivity index (χ1n) is 9.70. The van der Waals surface area contributed by atoms with Gasteiger partial charge in [-0.1, -0.05) is 36.4 Å². The van der Waals surface area contributed by atoms with Gasteiger partial charge < -0.3 is 19.7 Å². The first-order chi connectivity index (χ1) is 15.1. The van der Waals surface area contributed by atoms with Gasteiger partial charge in [0.15, 0.2) is 0 Å². The Labute approximate surface area is 179 Å². The Balaban J connectivity index is 1.43. The van der Waals surface area contributed by atoms with E-state index < -0.39 is 5.97 Å². The fourth-order valence-electron chi connectivity index (χ4n) is 3.22. The summed E-state index contributed by atoms with van der Waals surface area (Å²) in [4.78, 5) is 23.1. The summed E-state index contributed by atoms with van der Waals surface area (Å²) >= 11 is 0. The van der Waals surface area contributed by atoms with Crippen molar-refractivity contribution in [2.45, 2.75) is 6.54 Å². The monoisotopic (exact) mass is 412 g/mol. The van der Waals surface area contributed by atoms with E-state index in [2.05, 4.69) is 5.32 Å². The van der Waals surface area contributed by atoms with Gasteiger partial charge in [-0.25, -0.2) is 0 Å². The molecule has 0 aliphatic heterocycles. The fourth-order valence-corrected chi connectivity index (χ4v) is 3.22. The molecule has 4 rings (SSSR count). The van der Waals surface area contributed by atoms with Gasteiger partial charge in [0, 0.05) is 23.3 Å². The zero-order valence-corrected chi connectivity index (χ0v) is 16.6. The highest BCUT2D eigenvalue weighted by Crippen LogP contribution is 2.31. The molecule has 6 heteroatoms. The third-order valence-corrected chi connectivity index (χ3v) is 4.66. The summed E-state index contributed by atoms with van der Waals surface area (Å²) in [6.45, 7) is -0.111. The van der Waals surface area contributed by atoms with E-state index >= 15 is 0 Å². The van der Waals surface area contributed by atoms with Gasteiger partial charge in [-0.3, -0.25) is 9.59 Å². The molecule has 0 saturated carbocycles. The standard InChI is InChI=1S/C25H20N2O4/c28-24(14-9-18-5-2-1-3-6-18)26-19-10-12-20(13-11-19)31-23-8-4-7-22-21(23)15-16-27(22)17-25(29)30/h1-16H,17H2,(H,26,28)(H,29,30)/b14-9+. The van der Waals surface area contributed by atoms with Crippen molar-refractivity contribution >= 4 is 34.5 Å². The minimum absolute atomic E-state index is 0.111. The topological polar surface area (TPSA) is 80.6 Å². The number of benzene rings is 3. The number of carbonyl (C=O) groups excluding carboxylic acids is 1. The molecule has 1 aromatic heterocycles.